The molecule has 1 aliphatic heterocycles. The van der Waals surface area contributed by atoms with Gasteiger partial charge in [0.2, 0.25) is 0 Å². The van der Waals surface area contributed by atoms with Crippen LogP contribution in [-0.2, 0) is 0 Å². The van der Waals surface area contributed by atoms with Gasteiger partial charge in [0, 0.05) is 32.8 Å². The summed E-state index contributed by atoms with van der Waals surface area (Å²) in [4.78, 5) is 10.3. The van der Waals surface area contributed by atoms with Gasteiger partial charge in [0.15, 0.2) is 5.82 Å². The minimum absolute atomic E-state index is 0.676. The third-order valence-electron chi connectivity index (χ3n) is 9.43. The smallest absolute Gasteiger partial charge is 0.160 e. The molecule has 0 saturated carbocycles. The van der Waals surface area contributed by atoms with Crippen molar-refractivity contribution in [2.24, 2.45) is 0 Å². The van der Waals surface area contributed by atoms with Gasteiger partial charge >= 0.3 is 0 Å². The van der Waals surface area contributed by atoms with Gasteiger partial charge in [0.1, 0.15) is 11.5 Å². The third kappa shape index (κ3) is 4.14. The first-order chi connectivity index (χ1) is 23.3. The Kier molecular flexibility index (Phi) is 5.57. The van der Waals surface area contributed by atoms with Crippen molar-refractivity contribution in [3.8, 4) is 56.5 Å². The van der Waals surface area contributed by atoms with Crippen LogP contribution in [0.2, 0.25) is 0 Å². The van der Waals surface area contributed by atoms with Crippen LogP contribution in [0.5, 0.6) is 11.5 Å². The number of hydrogen-bond donors (Lipinski definition) is 0. The Labute approximate surface area is 271 Å². The maximum absolute atomic E-state index is 6.80. The molecule has 0 aliphatic carbocycles. The maximum atomic E-state index is 6.80. The van der Waals surface area contributed by atoms with Gasteiger partial charge in [-0.3, -0.25) is 0 Å². The molecule has 3 heteroatoms. The Bertz CT molecular complexity index is 2690. The van der Waals surface area contributed by atoms with E-state index < -0.39 is 0 Å². The lowest BCUT2D eigenvalue weighted by Gasteiger charge is -2.22. The number of rotatable bonds is 4. The molecule has 2 heterocycles. The standard InChI is InChI=1S/C44H26N2O/c1-2-8-29(9-3-1)37-26-38(46-44(45-37)33-20-13-28(14-21-33)35-22-15-27-7-4-5-10-34(27)25-35)36-24-23-32-19-18-31-17-16-30-11-6-12-39-40(30)41(31)42(32)43(36)47-39/h1-26H. The fourth-order valence-electron chi connectivity index (χ4n) is 7.10. The number of fused-ring (bicyclic) bond motifs is 1. The summed E-state index contributed by atoms with van der Waals surface area (Å²) >= 11 is 0. The van der Waals surface area contributed by atoms with Gasteiger partial charge in [-0.25, -0.2) is 9.97 Å². The molecule has 0 saturated heterocycles. The summed E-state index contributed by atoms with van der Waals surface area (Å²) in [6.07, 6.45) is 0. The first kappa shape index (κ1) is 26.0. The van der Waals surface area contributed by atoms with Crippen LogP contribution >= 0.6 is 0 Å². The van der Waals surface area contributed by atoms with Crippen molar-refractivity contribution >= 4 is 43.1 Å². The van der Waals surface area contributed by atoms with Gasteiger partial charge < -0.3 is 4.74 Å². The summed E-state index contributed by atoms with van der Waals surface area (Å²) < 4.78 is 6.80. The number of nitrogens with zero attached hydrogens (tertiary/aromatic N) is 2. The summed E-state index contributed by atoms with van der Waals surface area (Å²) in [7, 11) is 0. The highest BCUT2D eigenvalue weighted by atomic mass is 16.5. The quantitative estimate of drug-likeness (QED) is 0.189. The number of aromatic nitrogens is 2. The molecule has 47 heavy (non-hydrogen) atoms. The van der Waals surface area contributed by atoms with Gasteiger partial charge in [0.25, 0.3) is 0 Å². The predicted octanol–water partition coefficient (Wildman–Crippen LogP) is 11.9. The van der Waals surface area contributed by atoms with Crippen LogP contribution < -0.4 is 4.74 Å². The Morgan fingerprint density at radius 3 is 1.81 bits per heavy atom. The third-order valence-corrected chi connectivity index (χ3v) is 9.43. The Morgan fingerprint density at radius 2 is 0.979 bits per heavy atom. The molecule has 0 fully saturated rings. The van der Waals surface area contributed by atoms with Crippen molar-refractivity contribution in [1.29, 1.82) is 0 Å². The summed E-state index contributed by atoms with van der Waals surface area (Å²) in [5, 5.41) is 9.55. The molecule has 0 radical (unpaired) electrons. The van der Waals surface area contributed by atoms with E-state index in [1.54, 1.807) is 0 Å². The molecule has 3 nitrogen and oxygen atoms in total. The van der Waals surface area contributed by atoms with Crippen LogP contribution in [0.4, 0.5) is 0 Å². The van der Waals surface area contributed by atoms with E-state index in [-0.39, 0.29) is 0 Å². The second kappa shape index (κ2) is 10.1. The molecule has 218 valence electrons. The second-order valence-corrected chi connectivity index (χ2v) is 12.2. The minimum atomic E-state index is 0.676. The average molecular weight is 599 g/mol. The SMILES string of the molecule is c1ccc(-c2cc(-c3ccc4ccc5ccc6cccc7c6c5c4c3O7)nc(-c3ccc(-c4ccc5ccccc5c4)cc3)n2)cc1. The van der Waals surface area contributed by atoms with Crippen molar-refractivity contribution in [2.75, 3.05) is 0 Å². The van der Waals surface area contributed by atoms with Crippen molar-refractivity contribution in [2.45, 2.75) is 0 Å². The number of benzene rings is 8. The van der Waals surface area contributed by atoms with E-state index in [4.69, 9.17) is 14.7 Å². The average Bonchev–Trinajstić information content (AvgIpc) is 3.15. The molecular weight excluding hydrogens is 572 g/mol. The summed E-state index contributed by atoms with van der Waals surface area (Å²) in [5.74, 6) is 2.40. The Morgan fingerprint density at radius 1 is 0.362 bits per heavy atom. The lowest BCUT2D eigenvalue weighted by atomic mass is 9.91. The van der Waals surface area contributed by atoms with Gasteiger partial charge in [-0.05, 0) is 62.3 Å². The van der Waals surface area contributed by atoms with Crippen LogP contribution in [0.25, 0.3) is 88.1 Å². The first-order valence-corrected chi connectivity index (χ1v) is 15.9. The molecule has 0 amide bonds. The fraction of sp³-hybridized carbons (Fsp3) is 0. The monoisotopic (exact) mass is 598 g/mol. The maximum Gasteiger partial charge on any atom is 0.160 e. The van der Waals surface area contributed by atoms with E-state index in [0.717, 1.165) is 55.9 Å². The molecule has 0 bridgehead atoms. The largest absolute Gasteiger partial charge is 0.455 e. The molecule has 9 aromatic rings. The van der Waals surface area contributed by atoms with E-state index in [1.165, 1.54) is 37.9 Å². The van der Waals surface area contributed by atoms with E-state index in [2.05, 4.69) is 140 Å². The number of hydrogen-bond acceptors (Lipinski definition) is 3. The highest BCUT2D eigenvalue weighted by Gasteiger charge is 2.23. The highest BCUT2D eigenvalue weighted by molar-refractivity contribution is 6.26. The highest BCUT2D eigenvalue weighted by Crippen LogP contribution is 2.50. The van der Waals surface area contributed by atoms with Gasteiger partial charge in [-0.2, -0.15) is 0 Å². The van der Waals surface area contributed by atoms with E-state index in [1.807, 2.05) is 18.2 Å². The fourth-order valence-corrected chi connectivity index (χ4v) is 7.10. The first-order valence-electron chi connectivity index (χ1n) is 15.9. The molecule has 0 unspecified atom stereocenters. The minimum Gasteiger partial charge on any atom is -0.455 e. The number of ether oxygens (including phenoxy) is 1. The van der Waals surface area contributed by atoms with Crippen molar-refractivity contribution < 1.29 is 4.74 Å². The van der Waals surface area contributed by atoms with Crippen molar-refractivity contribution in [3.63, 3.8) is 0 Å². The zero-order valence-corrected chi connectivity index (χ0v) is 25.3. The van der Waals surface area contributed by atoms with Crippen molar-refractivity contribution in [1.82, 2.24) is 9.97 Å². The molecule has 10 rings (SSSR count). The van der Waals surface area contributed by atoms with Crippen LogP contribution in [0.1, 0.15) is 0 Å². The van der Waals surface area contributed by atoms with Crippen LogP contribution in [-0.4, -0.2) is 9.97 Å². The summed E-state index contributed by atoms with van der Waals surface area (Å²) in [5.41, 5.74) is 6.98. The van der Waals surface area contributed by atoms with Crippen LogP contribution in [0.15, 0.2) is 158 Å². The lowest BCUT2D eigenvalue weighted by molar-refractivity contribution is 0.494. The molecule has 0 N–H and O–H groups in total. The van der Waals surface area contributed by atoms with Gasteiger partial charge in [0.05, 0.1) is 11.4 Å². The molecule has 8 aromatic carbocycles. The Hall–Kier alpha value is -6.32. The second-order valence-electron chi connectivity index (χ2n) is 12.2. The molecule has 0 spiro atoms. The van der Waals surface area contributed by atoms with E-state index >= 15 is 0 Å². The normalized spacial score (nSPS) is 12.0. The zero-order valence-electron chi connectivity index (χ0n) is 25.3. The molecule has 1 aromatic heterocycles. The van der Waals surface area contributed by atoms with Crippen LogP contribution in [0.3, 0.4) is 0 Å². The van der Waals surface area contributed by atoms with E-state index in [0.29, 0.717) is 5.82 Å². The summed E-state index contributed by atoms with van der Waals surface area (Å²) in [6, 6.07) is 55.5. The van der Waals surface area contributed by atoms with Crippen LogP contribution in [0, 0.1) is 0 Å². The topological polar surface area (TPSA) is 35.0 Å². The molecule has 0 atom stereocenters. The zero-order chi connectivity index (χ0) is 30.9. The molecule has 1 aliphatic rings. The lowest BCUT2D eigenvalue weighted by Crippen LogP contribution is -2.00. The van der Waals surface area contributed by atoms with Gasteiger partial charge in [-0.1, -0.05) is 133 Å². The Balaban J connectivity index is 1.16. The van der Waals surface area contributed by atoms with Gasteiger partial charge in [-0.15, -0.1) is 0 Å². The van der Waals surface area contributed by atoms with Crippen molar-refractivity contribution in [3.05, 3.63) is 158 Å². The summed E-state index contributed by atoms with van der Waals surface area (Å²) in [6.45, 7) is 0. The molecular formula is C44H26N2O. The predicted molar refractivity (Wildman–Crippen MR) is 194 cm³/mol. The van der Waals surface area contributed by atoms with E-state index in [9.17, 15) is 0 Å².